The third kappa shape index (κ3) is 4.37. The molecule has 0 unspecified atom stereocenters. The first-order valence-electron chi connectivity index (χ1n) is 6.12. The van der Waals surface area contributed by atoms with Crippen molar-refractivity contribution in [3.05, 3.63) is 29.8 Å². The zero-order valence-electron chi connectivity index (χ0n) is 11.1. The van der Waals surface area contributed by atoms with Crippen LogP contribution in [0.2, 0.25) is 0 Å². The Morgan fingerprint density at radius 3 is 2.61 bits per heavy atom. The maximum absolute atomic E-state index is 11.6. The van der Waals surface area contributed by atoms with E-state index in [1.807, 2.05) is 12.1 Å². The van der Waals surface area contributed by atoms with Crippen molar-refractivity contribution in [2.75, 3.05) is 7.11 Å². The highest BCUT2D eigenvalue weighted by atomic mass is 16.5. The zero-order chi connectivity index (χ0) is 13.5. The summed E-state index contributed by atoms with van der Waals surface area (Å²) in [6.45, 7) is 4.55. The average molecular weight is 251 g/mol. The molecule has 1 atom stereocenters. The molecule has 0 aliphatic carbocycles. The van der Waals surface area contributed by atoms with Crippen molar-refractivity contribution < 1.29 is 14.6 Å². The molecule has 0 spiro atoms. The summed E-state index contributed by atoms with van der Waals surface area (Å²) in [5, 5.41) is 12.8. The fourth-order valence-corrected chi connectivity index (χ4v) is 1.77. The molecule has 4 nitrogen and oxygen atoms in total. The number of phenolic OH excluding ortho intramolecular Hbond substituents is 1. The van der Waals surface area contributed by atoms with E-state index < -0.39 is 0 Å². The molecule has 0 saturated heterocycles. The van der Waals surface area contributed by atoms with Crippen LogP contribution in [0.1, 0.15) is 25.8 Å². The smallest absolute Gasteiger partial charge is 0.322 e. The number of carbonyl (C=O) groups is 1. The topological polar surface area (TPSA) is 58.6 Å². The molecular formula is C14H21NO3. The lowest BCUT2D eigenvalue weighted by Gasteiger charge is -2.18. The van der Waals surface area contributed by atoms with Gasteiger partial charge < -0.3 is 15.2 Å². The molecule has 18 heavy (non-hydrogen) atoms. The molecule has 1 aromatic rings. The Labute approximate surface area is 108 Å². The number of aromatic hydroxyl groups is 1. The Kier molecular flexibility index (Phi) is 5.65. The number of ether oxygens (including phenoxy) is 1. The molecule has 0 radical (unpaired) electrons. The van der Waals surface area contributed by atoms with Gasteiger partial charge in [0, 0.05) is 12.1 Å². The molecule has 0 aliphatic heterocycles. The first-order valence-corrected chi connectivity index (χ1v) is 6.12. The lowest BCUT2D eigenvalue weighted by atomic mass is 10.0. The number of hydrogen-bond acceptors (Lipinski definition) is 4. The molecule has 1 rings (SSSR count). The number of para-hydroxylation sites is 1. The van der Waals surface area contributed by atoms with Gasteiger partial charge >= 0.3 is 5.97 Å². The quantitative estimate of drug-likeness (QED) is 0.760. The summed E-state index contributed by atoms with van der Waals surface area (Å²) in [6, 6.07) is 6.74. The van der Waals surface area contributed by atoms with Crippen LogP contribution >= 0.6 is 0 Å². The van der Waals surface area contributed by atoms with E-state index in [-0.39, 0.29) is 17.8 Å². The van der Waals surface area contributed by atoms with Crippen LogP contribution in [0.4, 0.5) is 0 Å². The van der Waals surface area contributed by atoms with Crippen LogP contribution < -0.4 is 5.32 Å². The number of nitrogens with one attached hydrogen (secondary N) is 1. The summed E-state index contributed by atoms with van der Waals surface area (Å²) in [6.07, 6.45) is 0.709. The molecule has 0 aliphatic rings. The number of methoxy groups -OCH3 is 1. The number of carbonyl (C=O) groups excluding carboxylic acids is 1. The number of benzene rings is 1. The van der Waals surface area contributed by atoms with Crippen molar-refractivity contribution in [2.45, 2.75) is 32.9 Å². The summed E-state index contributed by atoms with van der Waals surface area (Å²) in [7, 11) is 1.39. The van der Waals surface area contributed by atoms with Gasteiger partial charge in [0.05, 0.1) is 7.11 Å². The first-order chi connectivity index (χ1) is 8.54. The van der Waals surface area contributed by atoms with Crippen LogP contribution in [0.15, 0.2) is 24.3 Å². The van der Waals surface area contributed by atoms with Crippen molar-refractivity contribution in [3.8, 4) is 5.75 Å². The molecular weight excluding hydrogens is 230 g/mol. The number of rotatable bonds is 6. The molecule has 0 saturated carbocycles. The van der Waals surface area contributed by atoms with Gasteiger partial charge in [-0.3, -0.25) is 4.79 Å². The van der Waals surface area contributed by atoms with Crippen LogP contribution in [-0.4, -0.2) is 24.2 Å². The van der Waals surface area contributed by atoms with Crippen molar-refractivity contribution in [3.63, 3.8) is 0 Å². The summed E-state index contributed by atoms with van der Waals surface area (Å²) in [5.41, 5.74) is 0.773. The summed E-state index contributed by atoms with van der Waals surface area (Å²) < 4.78 is 4.77. The Balaban J connectivity index is 2.62. The van der Waals surface area contributed by atoms with Gasteiger partial charge in [-0.05, 0) is 18.4 Å². The van der Waals surface area contributed by atoms with Crippen LogP contribution in [0.5, 0.6) is 5.75 Å². The van der Waals surface area contributed by atoms with Gasteiger partial charge in [-0.15, -0.1) is 0 Å². The van der Waals surface area contributed by atoms with E-state index >= 15 is 0 Å². The first kappa shape index (κ1) is 14.5. The molecule has 4 heteroatoms. The summed E-state index contributed by atoms with van der Waals surface area (Å²) >= 11 is 0. The Morgan fingerprint density at radius 1 is 1.39 bits per heavy atom. The van der Waals surface area contributed by atoms with Gasteiger partial charge in [0.15, 0.2) is 0 Å². The van der Waals surface area contributed by atoms with E-state index in [9.17, 15) is 9.90 Å². The lowest BCUT2D eigenvalue weighted by Crippen LogP contribution is -2.38. The van der Waals surface area contributed by atoms with E-state index in [1.165, 1.54) is 7.11 Å². The maximum atomic E-state index is 11.6. The second-order valence-corrected chi connectivity index (χ2v) is 4.71. The molecule has 0 heterocycles. The van der Waals surface area contributed by atoms with Crippen molar-refractivity contribution in [1.29, 1.82) is 0 Å². The lowest BCUT2D eigenvalue weighted by molar-refractivity contribution is -0.143. The standard InChI is InChI=1S/C14H21NO3/c1-10(2)8-12(14(17)18-3)15-9-11-6-4-5-7-13(11)16/h4-7,10,12,15-16H,8-9H2,1-3H3/t12-/m0/s1. The minimum absolute atomic E-state index is 0.234. The van der Waals surface area contributed by atoms with Crippen LogP contribution in [0, 0.1) is 5.92 Å². The fourth-order valence-electron chi connectivity index (χ4n) is 1.77. The van der Waals surface area contributed by atoms with Crippen molar-refractivity contribution in [1.82, 2.24) is 5.32 Å². The molecule has 100 valence electrons. The largest absolute Gasteiger partial charge is 0.508 e. The highest BCUT2D eigenvalue weighted by molar-refractivity contribution is 5.75. The molecule has 0 amide bonds. The maximum Gasteiger partial charge on any atom is 0.322 e. The second-order valence-electron chi connectivity index (χ2n) is 4.71. The van der Waals surface area contributed by atoms with E-state index in [1.54, 1.807) is 12.1 Å². The van der Waals surface area contributed by atoms with E-state index in [0.29, 0.717) is 18.9 Å². The van der Waals surface area contributed by atoms with Crippen molar-refractivity contribution in [2.24, 2.45) is 5.92 Å². The predicted molar refractivity (Wildman–Crippen MR) is 70.2 cm³/mol. The molecule has 0 aromatic heterocycles. The predicted octanol–water partition coefficient (Wildman–Crippen LogP) is 2.07. The minimum atomic E-state index is -0.338. The van der Waals surface area contributed by atoms with Gasteiger partial charge in [0.25, 0.3) is 0 Å². The van der Waals surface area contributed by atoms with E-state index in [4.69, 9.17) is 4.74 Å². The SMILES string of the molecule is COC(=O)[C@H](CC(C)C)NCc1ccccc1O. The number of esters is 1. The van der Waals surface area contributed by atoms with Gasteiger partial charge in [-0.25, -0.2) is 0 Å². The van der Waals surface area contributed by atoms with Gasteiger partial charge in [0.1, 0.15) is 11.8 Å². The second kappa shape index (κ2) is 7.01. The third-order valence-electron chi connectivity index (χ3n) is 2.72. The van der Waals surface area contributed by atoms with E-state index in [2.05, 4.69) is 19.2 Å². The number of hydrogen-bond donors (Lipinski definition) is 2. The Bertz CT molecular complexity index is 390. The Hall–Kier alpha value is -1.55. The van der Waals surface area contributed by atoms with Gasteiger partial charge in [-0.1, -0.05) is 32.0 Å². The molecule has 0 bridgehead atoms. The van der Waals surface area contributed by atoms with Gasteiger partial charge in [-0.2, -0.15) is 0 Å². The van der Waals surface area contributed by atoms with Gasteiger partial charge in [0.2, 0.25) is 0 Å². The highest BCUT2D eigenvalue weighted by Gasteiger charge is 2.19. The third-order valence-corrected chi connectivity index (χ3v) is 2.72. The van der Waals surface area contributed by atoms with E-state index in [0.717, 1.165) is 5.56 Å². The molecule has 1 aromatic carbocycles. The zero-order valence-corrected chi connectivity index (χ0v) is 11.1. The monoisotopic (exact) mass is 251 g/mol. The Morgan fingerprint density at radius 2 is 2.06 bits per heavy atom. The molecule has 2 N–H and O–H groups in total. The minimum Gasteiger partial charge on any atom is -0.508 e. The average Bonchev–Trinajstić information content (AvgIpc) is 2.34. The number of phenols is 1. The van der Waals surface area contributed by atoms with Crippen molar-refractivity contribution >= 4 is 5.97 Å². The summed E-state index contributed by atoms with van der Waals surface area (Å²) in [5.74, 6) is 0.364. The van der Waals surface area contributed by atoms with Crippen LogP contribution in [0.25, 0.3) is 0 Å². The summed E-state index contributed by atoms with van der Waals surface area (Å²) in [4.78, 5) is 11.6. The normalized spacial score (nSPS) is 12.4. The van der Waals surface area contributed by atoms with Crippen LogP contribution in [0.3, 0.4) is 0 Å². The molecule has 0 fully saturated rings. The van der Waals surface area contributed by atoms with Crippen LogP contribution in [-0.2, 0) is 16.1 Å². The highest BCUT2D eigenvalue weighted by Crippen LogP contribution is 2.16. The fraction of sp³-hybridized carbons (Fsp3) is 0.500.